The lowest BCUT2D eigenvalue weighted by atomic mass is 10.1. The molecule has 0 spiro atoms. The Labute approximate surface area is 124 Å². The summed E-state index contributed by atoms with van der Waals surface area (Å²) in [4.78, 5) is 20.8. The lowest BCUT2D eigenvalue weighted by molar-refractivity contribution is 0.173. The fraction of sp³-hybridized carbons (Fsp3) is 0.643. The number of aromatic amines is 1. The zero-order valence-corrected chi connectivity index (χ0v) is 12.5. The maximum absolute atomic E-state index is 5.72. The standard InChI is InChI=1S/C14H23N7/c1-2-11(3-4-15)20-5-7-21(8-6-20)14-12-13(17-9-16-12)18-10-19-14/h9-11H,2-8,15H2,1H3,(H,16,17,18,19). The van der Waals surface area contributed by atoms with Crippen molar-refractivity contribution < 1.29 is 0 Å². The predicted octanol–water partition coefficient (Wildman–Crippen LogP) is 0.602. The van der Waals surface area contributed by atoms with E-state index in [1.165, 1.54) is 0 Å². The largest absolute Gasteiger partial charge is 0.352 e. The van der Waals surface area contributed by atoms with E-state index < -0.39 is 0 Å². The van der Waals surface area contributed by atoms with Crippen LogP contribution in [0.15, 0.2) is 12.7 Å². The number of aromatic nitrogens is 4. The van der Waals surface area contributed by atoms with Gasteiger partial charge in [-0.15, -0.1) is 0 Å². The zero-order valence-electron chi connectivity index (χ0n) is 12.5. The molecule has 3 rings (SSSR count). The van der Waals surface area contributed by atoms with Crippen molar-refractivity contribution in [3.05, 3.63) is 12.7 Å². The van der Waals surface area contributed by atoms with E-state index in [-0.39, 0.29) is 0 Å². The molecule has 0 saturated carbocycles. The Morgan fingerprint density at radius 2 is 2.05 bits per heavy atom. The van der Waals surface area contributed by atoms with Gasteiger partial charge in [0.2, 0.25) is 0 Å². The van der Waals surface area contributed by atoms with E-state index in [1.807, 2.05) is 0 Å². The van der Waals surface area contributed by atoms with Gasteiger partial charge < -0.3 is 15.6 Å². The van der Waals surface area contributed by atoms with Gasteiger partial charge in [-0.05, 0) is 19.4 Å². The molecular weight excluding hydrogens is 266 g/mol. The van der Waals surface area contributed by atoms with Gasteiger partial charge in [0.1, 0.15) is 11.8 Å². The third kappa shape index (κ3) is 2.84. The van der Waals surface area contributed by atoms with Crippen LogP contribution in [-0.4, -0.2) is 63.6 Å². The lowest BCUT2D eigenvalue weighted by Gasteiger charge is -2.39. The first kappa shape index (κ1) is 14.2. The van der Waals surface area contributed by atoms with E-state index in [0.29, 0.717) is 6.04 Å². The molecule has 7 nitrogen and oxygen atoms in total. The summed E-state index contributed by atoms with van der Waals surface area (Å²) in [6.07, 6.45) is 5.51. The Hall–Kier alpha value is -1.73. The number of nitrogens with zero attached hydrogens (tertiary/aromatic N) is 5. The van der Waals surface area contributed by atoms with Crippen molar-refractivity contribution in [1.82, 2.24) is 24.8 Å². The quantitative estimate of drug-likeness (QED) is 0.838. The number of hydrogen-bond donors (Lipinski definition) is 2. The van der Waals surface area contributed by atoms with E-state index in [1.54, 1.807) is 12.7 Å². The van der Waals surface area contributed by atoms with Gasteiger partial charge in [-0.2, -0.15) is 0 Å². The summed E-state index contributed by atoms with van der Waals surface area (Å²) in [6, 6.07) is 0.606. The highest BCUT2D eigenvalue weighted by atomic mass is 15.3. The van der Waals surface area contributed by atoms with Crippen molar-refractivity contribution >= 4 is 17.0 Å². The molecule has 0 bridgehead atoms. The van der Waals surface area contributed by atoms with Gasteiger partial charge >= 0.3 is 0 Å². The maximum atomic E-state index is 5.72. The van der Waals surface area contributed by atoms with Gasteiger partial charge in [-0.3, -0.25) is 4.90 Å². The van der Waals surface area contributed by atoms with Crippen molar-refractivity contribution in [1.29, 1.82) is 0 Å². The Bertz CT molecular complexity index is 573. The second kappa shape index (κ2) is 6.36. The SMILES string of the molecule is CCC(CCN)N1CCN(c2ncnc3nc[nH]c23)CC1. The van der Waals surface area contributed by atoms with Gasteiger partial charge in [-0.25, -0.2) is 15.0 Å². The fourth-order valence-corrected chi connectivity index (χ4v) is 3.13. The summed E-state index contributed by atoms with van der Waals surface area (Å²) in [5, 5.41) is 0. The van der Waals surface area contributed by atoms with Crippen LogP contribution in [-0.2, 0) is 0 Å². The molecule has 21 heavy (non-hydrogen) atoms. The second-order valence-corrected chi connectivity index (χ2v) is 5.46. The van der Waals surface area contributed by atoms with Crippen molar-refractivity contribution in [2.45, 2.75) is 25.8 Å². The number of hydrogen-bond acceptors (Lipinski definition) is 6. The molecule has 0 aliphatic carbocycles. The van der Waals surface area contributed by atoms with Crippen LogP contribution in [0.4, 0.5) is 5.82 Å². The van der Waals surface area contributed by atoms with E-state index >= 15 is 0 Å². The van der Waals surface area contributed by atoms with Crippen LogP contribution in [0.3, 0.4) is 0 Å². The Morgan fingerprint density at radius 3 is 2.76 bits per heavy atom. The smallest absolute Gasteiger partial charge is 0.182 e. The number of nitrogens with two attached hydrogens (primary N) is 1. The first-order chi connectivity index (χ1) is 10.3. The molecule has 0 aromatic carbocycles. The van der Waals surface area contributed by atoms with E-state index in [0.717, 1.165) is 62.5 Å². The maximum Gasteiger partial charge on any atom is 0.182 e. The highest BCUT2D eigenvalue weighted by Crippen LogP contribution is 2.22. The molecule has 1 fully saturated rings. The van der Waals surface area contributed by atoms with Crippen molar-refractivity contribution in [2.75, 3.05) is 37.6 Å². The van der Waals surface area contributed by atoms with Crippen LogP contribution in [0, 0.1) is 0 Å². The van der Waals surface area contributed by atoms with Crippen molar-refractivity contribution in [3.63, 3.8) is 0 Å². The summed E-state index contributed by atoms with van der Waals surface area (Å²) in [6.45, 7) is 7.07. The fourth-order valence-electron chi connectivity index (χ4n) is 3.13. The molecule has 2 aromatic rings. The Morgan fingerprint density at radius 1 is 1.24 bits per heavy atom. The first-order valence-corrected chi connectivity index (χ1v) is 7.66. The van der Waals surface area contributed by atoms with Crippen molar-refractivity contribution in [3.8, 4) is 0 Å². The number of fused-ring (bicyclic) bond motifs is 1. The molecule has 3 heterocycles. The summed E-state index contributed by atoms with van der Waals surface area (Å²) >= 11 is 0. The molecule has 2 aromatic heterocycles. The molecule has 0 amide bonds. The van der Waals surface area contributed by atoms with Crippen LogP contribution in [0.5, 0.6) is 0 Å². The van der Waals surface area contributed by atoms with Gasteiger partial charge in [0.25, 0.3) is 0 Å². The average Bonchev–Trinajstić information content (AvgIpc) is 3.01. The molecule has 1 atom stereocenters. The molecule has 1 aliphatic heterocycles. The minimum absolute atomic E-state index is 0.606. The number of imidazole rings is 1. The van der Waals surface area contributed by atoms with Gasteiger partial charge in [0.05, 0.1) is 6.33 Å². The topological polar surface area (TPSA) is 87.0 Å². The number of piperazine rings is 1. The van der Waals surface area contributed by atoms with Crippen LogP contribution in [0.1, 0.15) is 19.8 Å². The third-order valence-corrected chi connectivity index (χ3v) is 4.30. The number of H-pyrrole nitrogens is 1. The predicted molar refractivity (Wildman–Crippen MR) is 83.2 cm³/mol. The molecule has 1 unspecified atom stereocenters. The Balaban J connectivity index is 1.69. The second-order valence-electron chi connectivity index (χ2n) is 5.46. The molecular formula is C14H23N7. The lowest BCUT2D eigenvalue weighted by Crippen LogP contribution is -2.51. The average molecular weight is 289 g/mol. The first-order valence-electron chi connectivity index (χ1n) is 7.66. The van der Waals surface area contributed by atoms with E-state index in [2.05, 4.69) is 36.7 Å². The van der Waals surface area contributed by atoms with Crippen LogP contribution >= 0.6 is 0 Å². The van der Waals surface area contributed by atoms with Crippen molar-refractivity contribution in [2.24, 2.45) is 5.73 Å². The van der Waals surface area contributed by atoms with Gasteiger partial charge in [-0.1, -0.05) is 6.92 Å². The van der Waals surface area contributed by atoms with E-state index in [9.17, 15) is 0 Å². The van der Waals surface area contributed by atoms with Crippen LogP contribution < -0.4 is 10.6 Å². The summed E-state index contributed by atoms with van der Waals surface area (Å²) in [5.41, 5.74) is 7.38. The molecule has 114 valence electrons. The zero-order chi connectivity index (χ0) is 14.7. The third-order valence-electron chi connectivity index (χ3n) is 4.30. The number of rotatable bonds is 5. The highest BCUT2D eigenvalue weighted by molar-refractivity contribution is 5.82. The summed E-state index contributed by atoms with van der Waals surface area (Å²) < 4.78 is 0. The monoisotopic (exact) mass is 289 g/mol. The van der Waals surface area contributed by atoms with Crippen LogP contribution in [0.25, 0.3) is 11.2 Å². The number of nitrogens with one attached hydrogen (secondary N) is 1. The molecule has 7 heteroatoms. The minimum atomic E-state index is 0.606. The molecule has 0 radical (unpaired) electrons. The van der Waals surface area contributed by atoms with Crippen LogP contribution in [0.2, 0.25) is 0 Å². The number of anilines is 1. The van der Waals surface area contributed by atoms with Gasteiger partial charge in [0.15, 0.2) is 11.5 Å². The molecule has 1 saturated heterocycles. The normalized spacial score (nSPS) is 18.3. The molecule has 3 N–H and O–H groups in total. The summed E-state index contributed by atoms with van der Waals surface area (Å²) in [7, 11) is 0. The summed E-state index contributed by atoms with van der Waals surface area (Å²) in [5.74, 6) is 0.962. The van der Waals surface area contributed by atoms with E-state index in [4.69, 9.17) is 5.73 Å². The Kier molecular flexibility index (Phi) is 4.31. The minimum Gasteiger partial charge on any atom is -0.352 e. The van der Waals surface area contributed by atoms with Gasteiger partial charge in [0, 0.05) is 32.2 Å². The molecule has 1 aliphatic rings. The highest BCUT2D eigenvalue weighted by Gasteiger charge is 2.24.